The molecule has 27 heavy (non-hydrogen) atoms. The average Bonchev–Trinajstić information content (AvgIpc) is 3.16. The summed E-state index contributed by atoms with van der Waals surface area (Å²) in [5.41, 5.74) is 1.99. The first-order chi connectivity index (χ1) is 12.8. The number of sulfonamides is 1. The van der Waals surface area contributed by atoms with Gasteiger partial charge in [0.05, 0.1) is 11.4 Å². The van der Waals surface area contributed by atoms with Gasteiger partial charge in [-0.05, 0) is 54.8 Å². The molecule has 2 aromatic carbocycles. The van der Waals surface area contributed by atoms with Crippen molar-refractivity contribution in [3.63, 3.8) is 0 Å². The van der Waals surface area contributed by atoms with E-state index < -0.39 is 10.0 Å². The number of benzene rings is 2. The average molecular weight is 401 g/mol. The molecule has 3 rings (SSSR count). The Morgan fingerprint density at radius 2 is 1.70 bits per heavy atom. The lowest BCUT2D eigenvalue weighted by Gasteiger charge is -2.16. The van der Waals surface area contributed by atoms with Gasteiger partial charge in [-0.1, -0.05) is 23.8 Å². The van der Waals surface area contributed by atoms with Crippen molar-refractivity contribution < 1.29 is 13.2 Å². The van der Waals surface area contributed by atoms with Gasteiger partial charge in [-0.15, -0.1) is 11.3 Å². The number of thiophene rings is 1. The number of anilines is 1. The van der Waals surface area contributed by atoms with Crippen molar-refractivity contribution in [1.82, 2.24) is 4.90 Å². The molecule has 140 valence electrons. The number of nitrogens with one attached hydrogen (secondary N) is 1. The normalized spacial score (nSPS) is 11.2. The molecule has 7 heteroatoms. The van der Waals surface area contributed by atoms with Crippen LogP contribution >= 0.6 is 11.3 Å². The third-order valence-electron chi connectivity index (χ3n) is 4.04. The summed E-state index contributed by atoms with van der Waals surface area (Å²) >= 11 is 1.59. The zero-order chi connectivity index (χ0) is 19.4. The fraction of sp³-hybridized carbons (Fsp3) is 0.150. The summed E-state index contributed by atoms with van der Waals surface area (Å²) in [5.74, 6) is -0.154. The van der Waals surface area contributed by atoms with E-state index in [0.717, 1.165) is 10.4 Å². The first-order valence-corrected chi connectivity index (χ1v) is 10.7. The van der Waals surface area contributed by atoms with E-state index in [9.17, 15) is 13.2 Å². The molecule has 0 saturated heterocycles. The van der Waals surface area contributed by atoms with Gasteiger partial charge in [0.25, 0.3) is 15.9 Å². The van der Waals surface area contributed by atoms with Crippen LogP contribution in [-0.4, -0.2) is 26.3 Å². The van der Waals surface area contributed by atoms with Gasteiger partial charge in [0.2, 0.25) is 0 Å². The topological polar surface area (TPSA) is 66.5 Å². The van der Waals surface area contributed by atoms with Crippen molar-refractivity contribution in [3.8, 4) is 0 Å². The SMILES string of the molecule is Cc1ccc(NS(=O)(=O)c2ccc(C(=O)N(C)Cc3cccs3)cc2)cc1. The molecule has 0 atom stereocenters. The molecule has 0 aliphatic heterocycles. The summed E-state index contributed by atoms with van der Waals surface area (Å²) < 4.78 is 27.6. The highest BCUT2D eigenvalue weighted by molar-refractivity contribution is 7.92. The predicted molar refractivity (Wildman–Crippen MR) is 109 cm³/mol. The number of rotatable bonds is 6. The van der Waals surface area contributed by atoms with Crippen LogP contribution in [0, 0.1) is 6.92 Å². The number of amides is 1. The molecule has 5 nitrogen and oxygen atoms in total. The number of hydrogen-bond donors (Lipinski definition) is 1. The van der Waals surface area contributed by atoms with Gasteiger partial charge in [-0.25, -0.2) is 8.42 Å². The van der Waals surface area contributed by atoms with Gasteiger partial charge in [0.1, 0.15) is 0 Å². The maximum absolute atomic E-state index is 12.5. The molecule has 0 bridgehead atoms. The summed E-state index contributed by atoms with van der Waals surface area (Å²) in [7, 11) is -1.98. The van der Waals surface area contributed by atoms with Crippen molar-refractivity contribution in [3.05, 3.63) is 82.0 Å². The zero-order valence-corrected chi connectivity index (χ0v) is 16.7. The number of carbonyl (C=O) groups excluding carboxylic acids is 1. The van der Waals surface area contributed by atoms with Crippen molar-refractivity contribution in [1.29, 1.82) is 0 Å². The van der Waals surface area contributed by atoms with E-state index in [4.69, 9.17) is 0 Å². The van der Waals surface area contributed by atoms with Crippen LogP contribution in [0.1, 0.15) is 20.8 Å². The van der Waals surface area contributed by atoms with Gasteiger partial charge in [-0.3, -0.25) is 9.52 Å². The third kappa shape index (κ3) is 4.75. The largest absolute Gasteiger partial charge is 0.337 e. The summed E-state index contributed by atoms with van der Waals surface area (Å²) in [5, 5.41) is 1.97. The van der Waals surface area contributed by atoms with E-state index in [0.29, 0.717) is 17.8 Å². The van der Waals surface area contributed by atoms with Crippen molar-refractivity contribution in [2.45, 2.75) is 18.4 Å². The minimum Gasteiger partial charge on any atom is -0.337 e. The third-order valence-corrected chi connectivity index (χ3v) is 6.29. The van der Waals surface area contributed by atoms with Crippen molar-refractivity contribution >= 4 is 33.0 Å². The van der Waals surface area contributed by atoms with E-state index in [2.05, 4.69) is 4.72 Å². The second-order valence-corrected chi connectivity index (χ2v) is 8.95. The van der Waals surface area contributed by atoms with Crippen LogP contribution in [0.5, 0.6) is 0 Å². The van der Waals surface area contributed by atoms with E-state index in [-0.39, 0.29) is 10.8 Å². The van der Waals surface area contributed by atoms with Gasteiger partial charge < -0.3 is 4.90 Å². The molecule has 0 aliphatic rings. The van der Waals surface area contributed by atoms with E-state index >= 15 is 0 Å². The maximum Gasteiger partial charge on any atom is 0.261 e. The number of carbonyl (C=O) groups is 1. The molecule has 3 aromatic rings. The fourth-order valence-corrected chi connectivity index (χ4v) is 4.36. The van der Waals surface area contributed by atoms with Crippen LogP contribution in [0.3, 0.4) is 0 Å². The van der Waals surface area contributed by atoms with Gasteiger partial charge in [-0.2, -0.15) is 0 Å². The highest BCUT2D eigenvalue weighted by atomic mass is 32.2. The van der Waals surface area contributed by atoms with Gasteiger partial charge in [0.15, 0.2) is 0 Å². The Labute approximate surface area is 163 Å². The van der Waals surface area contributed by atoms with Crippen LogP contribution in [0.2, 0.25) is 0 Å². The summed E-state index contributed by atoms with van der Waals surface area (Å²) in [4.78, 5) is 15.3. The smallest absolute Gasteiger partial charge is 0.261 e. The van der Waals surface area contributed by atoms with Crippen LogP contribution in [0.25, 0.3) is 0 Å². The first-order valence-electron chi connectivity index (χ1n) is 8.32. The Bertz CT molecular complexity index is 1010. The number of aryl methyl sites for hydroxylation is 1. The Balaban J connectivity index is 1.71. The van der Waals surface area contributed by atoms with E-state index in [1.54, 1.807) is 35.4 Å². The lowest BCUT2D eigenvalue weighted by molar-refractivity contribution is 0.0786. The second-order valence-electron chi connectivity index (χ2n) is 6.24. The molecule has 0 spiro atoms. The minimum absolute atomic E-state index is 0.112. The summed E-state index contributed by atoms with van der Waals surface area (Å²) in [6, 6.07) is 17.0. The molecule has 0 unspecified atom stereocenters. The summed E-state index contributed by atoms with van der Waals surface area (Å²) in [6.45, 7) is 2.45. The molecule has 0 radical (unpaired) electrons. The standard InChI is InChI=1S/C20H20N2O3S2/c1-15-5-9-17(10-6-15)21-27(24,25)19-11-7-16(8-12-19)20(23)22(2)14-18-4-3-13-26-18/h3-13,21H,14H2,1-2H3. The highest BCUT2D eigenvalue weighted by Gasteiger charge is 2.17. The molecule has 1 aromatic heterocycles. The predicted octanol–water partition coefficient (Wildman–Crippen LogP) is 4.13. The van der Waals surface area contributed by atoms with Gasteiger partial charge >= 0.3 is 0 Å². The Morgan fingerprint density at radius 3 is 2.30 bits per heavy atom. The Kier molecular flexibility index (Phi) is 5.62. The highest BCUT2D eigenvalue weighted by Crippen LogP contribution is 2.18. The van der Waals surface area contributed by atoms with Crippen molar-refractivity contribution in [2.75, 3.05) is 11.8 Å². The minimum atomic E-state index is -3.70. The van der Waals surface area contributed by atoms with Gasteiger partial charge in [0, 0.05) is 23.2 Å². The quantitative estimate of drug-likeness (QED) is 0.677. The lowest BCUT2D eigenvalue weighted by Crippen LogP contribution is -2.25. The molecule has 1 heterocycles. The molecular formula is C20H20N2O3S2. The molecular weight excluding hydrogens is 380 g/mol. The number of nitrogens with zero attached hydrogens (tertiary/aromatic N) is 1. The zero-order valence-electron chi connectivity index (χ0n) is 15.0. The Hall–Kier alpha value is -2.64. The lowest BCUT2D eigenvalue weighted by atomic mass is 10.2. The molecule has 0 aliphatic carbocycles. The van der Waals surface area contributed by atoms with E-state index in [1.165, 1.54) is 24.3 Å². The fourth-order valence-electron chi connectivity index (χ4n) is 2.54. The molecule has 0 fully saturated rings. The van der Waals surface area contributed by atoms with Crippen molar-refractivity contribution in [2.24, 2.45) is 0 Å². The maximum atomic E-state index is 12.5. The first kappa shape index (κ1) is 19.1. The second kappa shape index (κ2) is 7.94. The van der Waals surface area contributed by atoms with Crippen LogP contribution < -0.4 is 4.72 Å². The monoisotopic (exact) mass is 400 g/mol. The van der Waals surface area contributed by atoms with E-state index in [1.807, 2.05) is 36.6 Å². The molecule has 1 amide bonds. The molecule has 0 saturated carbocycles. The van der Waals surface area contributed by atoms with Crippen LogP contribution in [-0.2, 0) is 16.6 Å². The summed E-state index contributed by atoms with van der Waals surface area (Å²) in [6.07, 6.45) is 0. The number of hydrogen-bond acceptors (Lipinski definition) is 4. The van der Waals surface area contributed by atoms with Crippen LogP contribution in [0.4, 0.5) is 5.69 Å². The molecule has 1 N–H and O–H groups in total. The Morgan fingerprint density at radius 1 is 1.04 bits per heavy atom. The van der Waals surface area contributed by atoms with Crippen LogP contribution in [0.15, 0.2) is 70.9 Å².